The molecule has 4 N–H and O–H groups in total. The van der Waals surface area contributed by atoms with Crippen molar-refractivity contribution in [2.45, 2.75) is 51.8 Å². The highest BCUT2D eigenvalue weighted by molar-refractivity contribution is 5.69. The van der Waals surface area contributed by atoms with E-state index >= 15 is 0 Å². The monoisotopic (exact) mass is 486 g/mol. The summed E-state index contributed by atoms with van der Waals surface area (Å²) in [6, 6.07) is 3.32. The number of aliphatic hydroxyl groups excluding tert-OH is 1. The maximum absolute atomic E-state index is 14.3. The number of benzene rings is 1. The van der Waals surface area contributed by atoms with Crippen molar-refractivity contribution < 1.29 is 23.8 Å². The van der Waals surface area contributed by atoms with E-state index in [9.17, 15) is 14.3 Å². The molecule has 0 saturated carbocycles. The van der Waals surface area contributed by atoms with Crippen molar-refractivity contribution in [3.8, 4) is 5.75 Å². The fraction of sp³-hybridized carbons (Fsp3) is 0.458. The number of halogens is 1. The second-order valence-corrected chi connectivity index (χ2v) is 9.60. The Hall–Kier alpha value is -3.60. The van der Waals surface area contributed by atoms with E-state index in [1.807, 2.05) is 13.1 Å². The van der Waals surface area contributed by atoms with Gasteiger partial charge in [-0.2, -0.15) is 5.10 Å². The van der Waals surface area contributed by atoms with E-state index in [1.165, 1.54) is 12.1 Å². The largest absolute Gasteiger partial charge is 0.491 e. The number of nitrogen functional groups attached to an aromatic ring is 1. The molecule has 1 amide bonds. The van der Waals surface area contributed by atoms with E-state index in [4.69, 9.17) is 20.2 Å². The molecule has 0 spiro atoms. The number of nitrogens with zero attached hydrogens (tertiary/aromatic N) is 4. The SMILES string of the molecule is C[C@H](c1cc(F)ccc1OCC(CO)NC(=O)OC(C)(C)C)N1CCc2cn3ncc(N)c3nc21. The molecule has 1 aliphatic heterocycles. The number of anilines is 2. The van der Waals surface area contributed by atoms with Crippen molar-refractivity contribution in [2.75, 3.05) is 30.4 Å². The average molecular weight is 487 g/mol. The minimum absolute atomic E-state index is 0.0249. The smallest absolute Gasteiger partial charge is 0.408 e. The Morgan fingerprint density at radius 1 is 1.37 bits per heavy atom. The third-order valence-electron chi connectivity index (χ3n) is 5.74. The summed E-state index contributed by atoms with van der Waals surface area (Å²) in [6.45, 7) is 7.51. The van der Waals surface area contributed by atoms with Crippen LogP contribution in [-0.2, 0) is 11.2 Å². The maximum Gasteiger partial charge on any atom is 0.408 e. The summed E-state index contributed by atoms with van der Waals surface area (Å²) in [5.74, 6) is 0.821. The highest BCUT2D eigenvalue weighted by Crippen LogP contribution is 2.37. The van der Waals surface area contributed by atoms with Gasteiger partial charge < -0.3 is 30.5 Å². The first-order valence-corrected chi connectivity index (χ1v) is 11.5. The zero-order valence-electron chi connectivity index (χ0n) is 20.3. The third kappa shape index (κ3) is 5.40. The number of carbonyl (C=O) groups excluding carboxylic acids is 1. The zero-order chi connectivity index (χ0) is 25.3. The van der Waals surface area contributed by atoms with Crippen LogP contribution in [0, 0.1) is 5.82 Å². The molecule has 0 radical (unpaired) electrons. The lowest BCUT2D eigenvalue weighted by atomic mass is 10.1. The van der Waals surface area contributed by atoms with Gasteiger partial charge >= 0.3 is 6.09 Å². The van der Waals surface area contributed by atoms with Crippen LogP contribution >= 0.6 is 0 Å². The van der Waals surface area contributed by atoms with Gasteiger partial charge in [0.05, 0.1) is 30.6 Å². The molecule has 0 saturated heterocycles. The molecule has 3 heterocycles. The Kier molecular flexibility index (Phi) is 6.70. The van der Waals surface area contributed by atoms with Gasteiger partial charge in [-0.05, 0) is 52.3 Å². The topological polar surface area (TPSA) is 127 Å². The number of nitrogens with two attached hydrogens (primary N) is 1. The number of aliphatic hydroxyl groups is 1. The summed E-state index contributed by atoms with van der Waals surface area (Å²) in [5.41, 5.74) is 8.02. The second-order valence-electron chi connectivity index (χ2n) is 9.60. The molecule has 2 atom stereocenters. The zero-order valence-corrected chi connectivity index (χ0v) is 20.3. The van der Waals surface area contributed by atoms with Crippen LogP contribution in [0.2, 0.25) is 0 Å². The Balaban J connectivity index is 1.53. The van der Waals surface area contributed by atoms with Crippen molar-refractivity contribution >= 4 is 23.2 Å². The van der Waals surface area contributed by atoms with Crippen molar-refractivity contribution in [1.29, 1.82) is 0 Å². The standard InChI is InChI=1S/C24H31FN6O4/c1-14(30-8-7-15-11-31-22(29-21(15)30)19(26)10-27-31)18-9-16(25)5-6-20(18)34-13-17(12-32)28-23(33)35-24(2,3)4/h5-6,9-11,14,17,32H,7-8,12-13,26H2,1-4H3,(H,28,33)/t14-,17?/m1/s1. The highest BCUT2D eigenvalue weighted by atomic mass is 19.1. The molecular formula is C24H31FN6O4. The van der Waals surface area contributed by atoms with Gasteiger partial charge in [-0.15, -0.1) is 0 Å². The molecule has 11 heteroatoms. The van der Waals surface area contributed by atoms with Crippen LogP contribution in [0.15, 0.2) is 30.6 Å². The van der Waals surface area contributed by atoms with Crippen molar-refractivity contribution in [2.24, 2.45) is 0 Å². The van der Waals surface area contributed by atoms with Gasteiger partial charge in [0.2, 0.25) is 0 Å². The molecule has 1 aromatic carbocycles. The average Bonchev–Trinajstić information content (AvgIpc) is 3.37. The molecule has 188 valence electrons. The number of rotatable bonds is 7. The molecular weight excluding hydrogens is 455 g/mol. The van der Waals surface area contributed by atoms with Crippen LogP contribution in [0.3, 0.4) is 0 Å². The first-order chi connectivity index (χ1) is 16.6. The molecule has 35 heavy (non-hydrogen) atoms. The Labute approximate surface area is 202 Å². The van der Waals surface area contributed by atoms with Crippen LogP contribution in [0.25, 0.3) is 5.65 Å². The van der Waals surface area contributed by atoms with E-state index in [-0.39, 0.29) is 19.3 Å². The lowest BCUT2D eigenvalue weighted by molar-refractivity contribution is 0.0458. The van der Waals surface area contributed by atoms with Gasteiger partial charge in [0.1, 0.15) is 29.6 Å². The summed E-state index contributed by atoms with van der Waals surface area (Å²) in [7, 11) is 0. The van der Waals surface area contributed by atoms with E-state index in [2.05, 4.69) is 15.3 Å². The number of aromatic nitrogens is 3. The van der Waals surface area contributed by atoms with Crippen LogP contribution in [-0.4, -0.2) is 57.2 Å². The Morgan fingerprint density at radius 2 is 2.14 bits per heavy atom. The van der Waals surface area contributed by atoms with Crippen molar-refractivity contribution in [3.05, 3.63) is 47.5 Å². The fourth-order valence-electron chi connectivity index (χ4n) is 4.06. The highest BCUT2D eigenvalue weighted by Gasteiger charge is 2.29. The van der Waals surface area contributed by atoms with Crippen molar-refractivity contribution in [1.82, 2.24) is 19.9 Å². The van der Waals surface area contributed by atoms with E-state index in [1.54, 1.807) is 37.5 Å². The predicted octanol–water partition coefficient (Wildman–Crippen LogP) is 2.84. The number of hydrogen-bond acceptors (Lipinski definition) is 8. The maximum atomic E-state index is 14.3. The van der Waals surface area contributed by atoms with Crippen LogP contribution in [0.5, 0.6) is 5.75 Å². The predicted molar refractivity (Wildman–Crippen MR) is 129 cm³/mol. The molecule has 3 aromatic rings. The van der Waals surface area contributed by atoms with Gasteiger partial charge in [-0.3, -0.25) is 0 Å². The number of fused-ring (bicyclic) bond motifs is 2. The van der Waals surface area contributed by atoms with Gasteiger partial charge in [-0.1, -0.05) is 0 Å². The van der Waals surface area contributed by atoms with Gasteiger partial charge in [0.15, 0.2) is 5.65 Å². The molecule has 0 fully saturated rings. The first-order valence-electron chi connectivity index (χ1n) is 11.5. The number of nitrogens with one attached hydrogen (secondary N) is 1. The van der Waals surface area contributed by atoms with E-state index in [0.29, 0.717) is 29.2 Å². The number of hydrogen-bond donors (Lipinski definition) is 3. The summed E-state index contributed by atoms with van der Waals surface area (Å²) >= 11 is 0. The van der Waals surface area contributed by atoms with E-state index < -0.39 is 23.6 Å². The lowest BCUT2D eigenvalue weighted by Gasteiger charge is -2.29. The van der Waals surface area contributed by atoms with Crippen molar-refractivity contribution in [3.63, 3.8) is 0 Å². The number of alkyl carbamates (subject to hydrolysis) is 1. The molecule has 1 unspecified atom stereocenters. The number of carbonyl (C=O) groups is 1. The molecule has 2 aromatic heterocycles. The van der Waals surface area contributed by atoms with Crippen LogP contribution in [0.1, 0.15) is 44.9 Å². The fourth-order valence-corrected chi connectivity index (χ4v) is 4.06. The summed E-state index contributed by atoms with van der Waals surface area (Å²) in [4.78, 5) is 18.9. The normalized spacial score (nSPS) is 15.1. The molecule has 0 aliphatic carbocycles. The molecule has 10 nitrogen and oxygen atoms in total. The third-order valence-corrected chi connectivity index (χ3v) is 5.74. The minimum atomic E-state index is -0.703. The number of ether oxygens (including phenoxy) is 2. The Morgan fingerprint density at radius 3 is 2.86 bits per heavy atom. The summed E-state index contributed by atoms with van der Waals surface area (Å²) < 4.78 is 27.1. The summed E-state index contributed by atoms with van der Waals surface area (Å²) in [6.07, 6.45) is 3.59. The molecule has 4 rings (SSSR count). The minimum Gasteiger partial charge on any atom is -0.491 e. The lowest BCUT2D eigenvalue weighted by Crippen LogP contribution is -2.44. The van der Waals surface area contributed by atoms with E-state index in [0.717, 1.165) is 17.8 Å². The second kappa shape index (κ2) is 9.57. The Bertz CT molecular complexity index is 1220. The van der Waals surface area contributed by atoms with Crippen LogP contribution in [0.4, 0.5) is 20.7 Å². The first kappa shape index (κ1) is 24.5. The van der Waals surface area contributed by atoms with Crippen LogP contribution < -0.4 is 20.7 Å². The number of amides is 1. The van der Waals surface area contributed by atoms with Gasteiger partial charge in [0, 0.05) is 23.9 Å². The molecule has 0 bridgehead atoms. The summed E-state index contributed by atoms with van der Waals surface area (Å²) in [5, 5.41) is 16.5. The van der Waals surface area contributed by atoms with Gasteiger partial charge in [0.25, 0.3) is 0 Å². The van der Waals surface area contributed by atoms with Gasteiger partial charge in [-0.25, -0.2) is 18.7 Å². The quantitative estimate of drug-likeness (QED) is 0.465. The molecule has 1 aliphatic rings.